The van der Waals surface area contributed by atoms with E-state index in [1.54, 1.807) is 7.11 Å². The Hall–Kier alpha value is -0.160. The highest BCUT2D eigenvalue weighted by molar-refractivity contribution is 4.90. The van der Waals surface area contributed by atoms with E-state index in [9.17, 15) is 5.11 Å². The van der Waals surface area contributed by atoms with Crippen LogP contribution in [-0.2, 0) is 4.74 Å². The summed E-state index contributed by atoms with van der Waals surface area (Å²) in [6.07, 6.45) is 3.42. The monoisotopic (exact) mass is 214 g/mol. The minimum Gasteiger partial charge on any atom is -0.392 e. The molecule has 2 aliphatic rings. The third kappa shape index (κ3) is 3.41. The molecule has 15 heavy (non-hydrogen) atoms. The highest BCUT2D eigenvalue weighted by Gasteiger charge is 2.32. The molecule has 2 unspecified atom stereocenters. The number of nitrogens with zero attached hydrogens (tertiary/aromatic N) is 1. The fourth-order valence-corrected chi connectivity index (χ4v) is 2.29. The number of hydrogen-bond donors (Lipinski definition) is 2. The Morgan fingerprint density at radius 3 is 2.80 bits per heavy atom. The Labute approximate surface area is 91.6 Å². The van der Waals surface area contributed by atoms with Crippen molar-refractivity contribution in [3.05, 3.63) is 0 Å². The van der Waals surface area contributed by atoms with E-state index in [0.717, 1.165) is 38.7 Å². The van der Waals surface area contributed by atoms with Crippen LogP contribution in [0.2, 0.25) is 0 Å². The lowest BCUT2D eigenvalue weighted by Crippen LogP contribution is -2.40. The lowest BCUT2D eigenvalue weighted by atomic mass is 10.2. The zero-order valence-corrected chi connectivity index (χ0v) is 9.48. The maximum atomic E-state index is 9.44. The molecule has 0 aromatic rings. The van der Waals surface area contributed by atoms with Crippen molar-refractivity contribution in [3.8, 4) is 0 Å². The lowest BCUT2D eigenvalue weighted by molar-refractivity contribution is 0.135. The molecule has 2 rings (SSSR count). The van der Waals surface area contributed by atoms with E-state index in [-0.39, 0.29) is 6.10 Å². The van der Waals surface area contributed by atoms with Gasteiger partial charge in [-0.3, -0.25) is 4.90 Å². The van der Waals surface area contributed by atoms with Crippen LogP contribution in [0.1, 0.15) is 19.3 Å². The number of aliphatic hydroxyl groups excluding tert-OH is 1. The highest BCUT2D eigenvalue weighted by Crippen LogP contribution is 2.27. The van der Waals surface area contributed by atoms with Crippen molar-refractivity contribution in [2.45, 2.75) is 37.5 Å². The average molecular weight is 214 g/mol. The second-order valence-corrected chi connectivity index (χ2v) is 4.71. The normalized spacial score (nSPS) is 31.4. The first-order valence-corrected chi connectivity index (χ1v) is 5.94. The van der Waals surface area contributed by atoms with Gasteiger partial charge >= 0.3 is 0 Å². The van der Waals surface area contributed by atoms with Gasteiger partial charge in [0.05, 0.1) is 12.7 Å². The molecule has 1 saturated heterocycles. The molecular formula is C11H22N2O2. The Morgan fingerprint density at radius 2 is 2.27 bits per heavy atom. The molecule has 0 bridgehead atoms. The summed E-state index contributed by atoms with van der Waals surface area (Å²) < 4.78 is 5.12. The number of ether oxygens (including phenoxy) is 1. The zero-order valence-electron chi connectivity index (χ0n) is 9.48. The average Bonchev–Trinajstić information content (AvgIpc) is 2.98. The quantitative estimate of drug-likeness (QED) is 0.644. The van der Waals surface area contributed by atoms with E-state index in [1.165, 1.54) is 12.8 Å². The summed E-state index contributed by atoms with van der Waals surface area (Å²) in [7, 11) is 1.75. The van der Waals surface area contributed by atoms with Crippen molar-refractivity contribution in [1.82, 2.24) is 10.2 Å². The zero-order chi connectivity index (χ0) is 10.7. The molecule has 1 saturated carbocycles. The fourth-order valence-electron chi connectivity index (χ4n) is 2.29. The second kappa shape index (κ2) is 5.25. The molecule has 4 heteroatoms. The van der Waals surface area contributed by atoms with Gasteiger partial charge in [-0.15, -0.1) is 0 Å². The maximum absolute atomic E-state index is 9.44. The number of aliphatic hydroxyl groups is 1. The van der Waals surface area contributed by atoms with Gasteiger partial charge in [0.1, 0.15) is 0 Å². The summed E-state index contributed by atoms with van der Waals surface area (Å²) >= 11 is 0. The summed E-state index contributed by atoms with van der Waals surface area (Å²) in [4.78, 5) is 2.50. The Kier molecular flexibility index (Phi) is 3.97. The van der Waals surface area contributed by atoms with Gasteiger partial charge in [0.2, 0.25) is 0 Å². The van der Waals surface area contributed by atoms with Crippen molar-refractivity contribution in [3.63, 3.8) is 0 Å². The van der Waals surface area contributed by atoms with E-state index in [4.69, 9.17) is 4.74 Å². The molecule has 2 atom stereocenters. The van der Waals surface area contributed by atoms with Crippen molar-refractivity contribution < 1.29 is 9.84 Å². The van der Waals surface area contributed by atoms with Gasteiger partial charge < -0.3 is 15.2 Å². The van der Waals surface area contributed by atoms with E-state index in [0.29, 0.717) is 6.04 Å². The topological polar surface area (TPSA) is 44.7 Å². The molecule has 2 fully saturated rings. The maximum Gasteiger partial charge on any atom is 0.0680 e. The molecule has 0 radical (unpaired) electrons. The Bertz CT molecular complexity index is 197. The minimum atomic E-state index is -0.140. The van der Waals surface area contributed by atoms with Crippen molar-refractivity contribution in [2.75, 3.05) is 33.4 Å². The molecule has 0 amide bonds. The summed E-state index contributed by atoms with van der Waals surface area (Å²) in [5, 5.41) is 12.8. The Morgan fingerprint density at radius 1 is 1.47 bits per heavy atom. The highest BCUT2D eigenvalue weighted by atomic mass is 16.5. The van der Waals surface area contributed by atoms with Crippen molar-refractivity contribution in [2.24, 2.45) is 0 Å². The summed E-state index contributed by atoms with van der Waals surface area (Å²) in [6, 6.07) is 1.25. The largest absolute Gasteiger partial charge is 0.392 e. The SMILES string of the molecule is COCCN(CC1CC(O)CN1)C1CC1. The van der Waals surface area contributed by atoms with Crippen LogP contribution in [0.3, 0.4) is 0 Å². The number of hydrogen-bond acceptors (Lipinski definition) is 4. The number of methoxy groups -OCH3 is 1. The lowest BCUT2D eigenvalue weighted by Gasteiger charge is -2.25. The number of β-amino-alcohol motifs (C(OH)–C–C–N with tert-alkyl or cyclic N) is 1. The summed E-state index contributed by atoms with van der Waals surface area (Å²) in [5.41, 5.74) is 0. The Balaban J connectivity index is 1.73. The molecule has 2 N–H and O–H groups in total. The molecular weight excluding hydrogens is 192 g/mol. The molecule has 4 nitrogen and oxygen atoms in total. The standard InChI is InChI=1S/C11H22N2O2/c1-15-5-4-13(10-2-3-10)8-9-6-11(14)7-12-9/h9-12,14H,2-8H2,1H3. The molecule has 1 aliphatic heterocycles. The number of nitrogens with one attached hydrogen (secondary N) is 1. The van der Waals surface area contributed by atoms with E-state index in [1.807, 2.05) is 0 Å². The second-order valence-electron chi connectivity index (χ2n) is 4.71. The van der Waals surface area contributed by atoms with Gasteiger partial charge in [-0.05, 0) is 19.3 Å². The predicted octanol–water partition coefficient (Wildman–Crippen LogP) is -0.180. The van der Waals surface area contributed by atoms with Crippen LogP contribution in [0.4, 0.5) is 0 Å². The molecule has 1 heterocycles. The fraction of sp³-hybridized carbons (Fsp3) is 1.00. The van der Waals surface area contributed by atoms with E-state index < -0.39 is 0 Å². The van der Waals surface area contributed by atoms with Crippen LogP contribution < -0.4 is 5.32 Å². The predicted molar refractivity (Wildman–Crippen MR) is 58.9 cm³/mol. The van der Waals surface area contributed by atoms with Crippen LogP contribution in [0.15, 0.2) is 0 Å². The smallest absolute Gasteiger partial charge is 0.0680 e. The van der Waals surface area contributed by atoms with Crippen LogP contribution in [0.5, 0.6) is 0 Å². The van der Waals surface area contributed by atoms with Crippen LogP contribution in [0, 0.1) is 0 Å². The van der Waals surface area contributed by atoms with Gasteiger partial charge in [0.25, 0.3) is 0 Å². The number of rotatable bonds is 6. The summed E-state index contributed by atoms with van der Waals surface area (Å²) in [6.45, 7) is 3.65. The van der Waals surface area contributed by atoms with Crippen molar-refractivity contribution >= 4 is 0 Å². The van der Waals surface area contributed by atoms with Crippen molar-refractivity contribution in [1.29, 1.82) is 0 Å². The molecule has 0 aromatic carbocycles. The van der Waals surface area contributed by atoms with Gasteiger partial charge in [0.15, 0.2) is 0 Å². The molecule has 88 valence electrons. The first-order valence-electron chi connectivity index (χ1n) is 5.94. The van der Waals surface area contributed by atoms with Crippen LogP contribution in [0.25, 0.3) is 0 Å². The third-order valence-corrected chi connectivity index (χ3v) is 3.30. The van der Waals surface area contributed by atoms with Gasteiger partial charge in [-0.1, -0.05) is 0 Å². The van der Waals surface area contributed by atoms with E-state index >= 15 is 0 Å². The van der Waals surface area contributed by atoms with Crippen LogP contribution in [-0.4, -0.2) is 61.5 Å². The first kappa shape index (κ1) is 11.3. The molecule has 0 spiro atoms. The van der Waals surface area contributed by atoms with Gasteiger partial charge in [0, 0.05) is 38.8 Å². The molecule has 0 aromatic heterocycles. The van der Waals surface area contributed by atoms with Crippen LogP contribution >= 0.6 is 0 Å². The van der Waals surface area contributed by atoms with Gasteiger partial charge in [-0.2, -0.15) is 0 Å². The molecule has 1 aliphatic carbocycles. The summed E-state index contributed by atoms with van der Waals surface area (Å²) in [5.74, 6) is 0. The minimum absolute atomic E-state index is 0.140. The first-order chi connectivity index (χ1) is 7.29. The third-order valence-electron chi connectivity index (χ3n) is 3.30. The van der Waals surface area contributed by atoms with Gasteiger partial charge in [-0.25, -0.2) is 0 Å². The van der Waals surface area contributed by atoms with E-state index in [2.05, 4.69) is 10.2 Å².